The molecule has 0 aromatic heterocycles. The summed E-state index contributed by atoms with van der Waals surface area (Å²) in [5.74, 6) is -52.2. The highest BCUT2D eigenvalue weighted by atomic mass is 35.7. The van der Waals surface area contributed by atoms with Crippen molar-refractivity contribution in [1.29, 1.82) is 0 Å². The summed E-state index contributed by atoms with van der Waals surface area (Å²) in [5.41, 5.74) is 0. The summed E-state index contributed by atoms with van der Waals surface area (Å²) >= 11 is 0. The first-order valence-electron chi connectivity index (χ1n) is 6.16. The van der Waals surface area contributed by atoms with Gasteiger partial charge < -0.3 is 0 Å². The number of rotatable bonds is 8. The maximum absolute atomic E-state index is 14.0. The van der Waals surface area contributed by atoms with E-state index in [1.807, 2.05) is 0 Å². The fourth-order valence-electron chi connectivity index (χ4n) is 1.58. The topological polar surface area (TPSA) is 68.3 Å². The molecule has 194 valence electrons. The summed E-state index contributed by atoms with van der Waals surface area (Å²) in [6, 6.07) is 0. The summed E-state index contributed by atoms with van der Waals surface area (Å²) in [7, 11) is -7.64. The molecule has 0 saturated heterocycles. The van der Waals surface area contributed by atoms with Crippen LogP contribution in [-0.4, -0.2) is 62.9 Å². The molecule has 0 unspecified atom stereocenters. The van der Waals surface area contributed by atoms with E-state index in [0.29, 0.717) is 0 Å². The van der Waals surface area contributed by atoms with Crippen LogP contribution in [0, 0.1) is 0 Å². The van der Waals surface area contributed by atoms with Crippen LogP contribution in [0.25, 0.3) is 0 Å². The molecule has 0 rings (SSSR count). The zero-order chi connectivity index (χ0) is 27.0. The van der Waals surface area contributed by atoms with E-state index in [-0.39, 0.29) is 0 Å². The first kappa shape index (κ1) is 31.4. The molecular weight excluding hydrogens is 599 g/mol. The normalized spacial score (nSPS) is 16.9. The third kappa shape index (κ3) is 3.66. The summed E-state index contributed by atoms with van der Waals surface area (Å²) < 4.78 is 244. The fraction of sp³-hybridized carbons (Fsp3) is 1.00. The second-order valence-corrected chi connectivity index (χ2v) is 10.9. The van der Waals surface area contributed by atoms with Gasteiger partial charge in [-0.2, -0.15) is 70.2 Å². The van der Waals surface area contributed by atoms with E-state index < -0.39 is 64.1 Å². The molecule has 0 spiro atoms. The number of halogens is 18. The molecule has 0 heterocycles. The van der Waals surface area contributed by atoms with Gasteiger partial charge in [0.05, 0.1) is 0 Å². The van der Waals surface area contributed by atoms with E-state index in [9.17, 15) is 87.1 Å². The maximum Gasteiger partial charge on any atom is 0.460 e. The first-order valence-corrected chi connectivity index (χ1v) is 10.8. The minimum absolute atomic E-state index is 3.77. The van der Waals surface area contributed by atoms with Gasteiger partial charge in [-0.15, -0.1) is 0 Å². The third-order valence-electron chi connectivity index (χ3n) is 3.33. The fourth-order valence-corrected chi connectivity index (χ4v) is 5.76. The monoisotopic (exact) mass is 598 g/mol. The molecule has 32 heavy (non-hydrogen) atoms. The Bertz CT molecular complexity index is 921. The molecule has 0 N–H and O–H groups in total. The van der Waals surface area contributed by atoms with Gasteiger partial charge in [-0.1, -0.05) is 0 Å². The van der Waals surface area contributed by atoms with Crippen LogP contribution in [0.1, 0.15) is 0 Å². The average molecular weight is 599 g/mol. The Morgan fingerprint density at radius 1 is 0.375 bits per heavy atom. The minimum Gasteiger partial charge on any atom is -0.207 e. The highest BCUT2D eigenvalue weighted by Crippen LogP contribution is 2.65. The van der Waals surface area contributed by atoms with Crippen molar-refractivity contribution in [2.75, 3.05) is 0 Å². The maximum atomic E-state index is 14.0. The zero-order valence-electron chi connectivity index (χ0n) is 13.3. The molecule has 4 nitrogen and oxygen atoms in total. The average Bonchev–Trinajstić information content (AvgIpc) is 2.49. The molecule has 0 aromatic rings. The second-order valence-electron chi connectivity index (χ2n) is 5.36. The Kier molecular flexibility index (Phi) is 7.28. The highest BCUT2D eigenvalue weighted by Gasteiger charge is 2.97. The molecule has 0 bridgehead atoms. The summed E-state index contributed by atoms with van der Waals surface area (Å²) in [4.78, 5) is 0. The largest absolute Gasteiger partial charge is 0.460 e. The van der Waals surface area contributed by atoms with Crippen molar-refractivity contribution in [3.8, 4) is 0 Å². The summed E-state index contributed by atoms with van der Waals surface area (Å²) in [5, 5.41) is 0. The summed E-state index contributed by atoms with van der Waals surface area (Å²) in [6.07, 6.45) is -7.92. The van der Waals surface area contributed by atoms with Crippen LogP contribution in [0.4, 0.5) is 70.2 Å². The van der Waals surface area contributed by atoms with Crippen LogP contribution >= 0.6 is 21.4 Å². The third-order valence-corrected chi connectivity index (χ3v) is 8.24. The lowest BCUT2D eigenvalue weighted by Gasteiger charge is -2.42. The van der Waals surface area contributed by atoms with Crippen LogP contribution in [0.15, 0.2) is 0 Å². The van der Waals surface area contributed by atoms with Gasteiger partial charge in [0, 0.05) is 21.4 Å². The molecule has 0 aliphatic carbocycles. The number of hydrogen-bond acceptors (Lipinski definition) is 4. The lowest BCUT2D eigenvalue weighted by Crippen LogP contribution is -2.75. The quantitative estimate of drug-likeness (QED) is 0.287. The molecule has 0 aliphatic rings. The molecule has 0 aliphatic heterocycles. The Morgan fingerprint density at radius 2 is 0.562 bits per heavy atom. The van der Waals surface area contributed by atoms with Gasteiger partial charge >= 0.3 is 46.0 Å². The van der Waals surface area contributed by atoms with Crippen molar-refractivity contribution in [1.82, 2.24) is 0 Å². The van der Waals surface area contributed by atoms with Gasteiger partial charge in [0.2, 0.25) is 0 Å². The molecule has 0 amide bonds. The van der Waals surface area contributed by atoms with E-state index in [2.05, 4.69) is 21.4 Å². The number of alkyl halides is 16. The van der Waals surface area contributed by atoms with Crippen molar-refractivity contribution in [3.05, 3.63) is 0 Å². The van der Waals surface area contributed by atoms with E-state index in [0.717, 1.165) is 0 Å². The smallest absolute Gasteiger partial charge is 0.207 e. The highest BCUT2D eigenvalue weighted by molar-refractivity contribution is 8.29. The standard InChI is InChI=1S/C8Cl2F16O4S2/c9-31(27,28)8(26,32(10,29)30)6(21,22)4(17,18)2(13,14)1(11,12)3(15,16)5(19,20)7(23,24)25. The van der Waals surface area contributed by atoms with Crippen LogP contribution in [0.3, 0.4) is 0 Å². The molecule has 0 fully saturated rings. The zero-order valence-corrected chi connectivity index (χ0v) is 16.4. The van der Waals surface area contributed by atoms with Crippen molar-refractivity contribution < 1.29 is 87.1 Å². The first-order chi connectivity index (χ1) is 13.2. The molecule has 0 atom stereocenters. The Morgan fingerprint density at radius 3 is 0.750 bits per heavy atom. The molecular formula is C8Cl2F16O4S2. The SMILES string of the molecule is O=S(=O)(Cl)C(F)(C(F)(F)C(F)(F)C(F)(F)C(F)(F)C(F)(F)C(F)(F)C(F)(F)F)S(=O)(=O)Cl. The van der Waals surface area contributed by atoms with Crippen molar-refractivity contribution in [3.63, 3.8) is 0 Å². The van der Waals surface area contributed by atoms with Crippen molar-refractivity contribution in [2.45, 2.75) is 46.0 Å². The van der Waals surface area contributed by atoms with Crippen molar-refractivity contribution in [2.24, 2.45) is 0 Å². The van der Waals surface area contributed by atoms with Gasteiger partial charge in [0.25, 0.3) is 18.1 Å². The predicted octanol–water partition coefficient (Wildman–Crippen LogP) is 5.12. The van der Waals surface area contributed by atoms with E-state index >= 15 is 0 Å². The second kappa shape index (κ2) is 7.43. The van der Waals surface area contributed by atoms with Gasteiger partial charge in [0.1, 0.15) is 0 Å². The van der Waals surface area contributed by atoms with Crippen LogP contribution in [0.2, 0.25) is 0 Å². The predicted molar refractivity (Wildman–Crippen MR) is 69.1 cm³/mol. The molecule has 0 aromatic carbocycles. The van der Waals surface area contributed by atoms with E-state index in [1.165, 1.54) is 0 Å². The van der Waals surface area contributed by atoms with Crippen LogP contribution in [0.5, 0.6) is 0 Å². The molecule has 0 saturated carbocycles. The Balaban J connectivity index is 7.34. The van der Waals surface area contributed by atoms with Crippen LogP contribution < -0.4 is 0 Å². The van der Waals surface area contributed by atoms with Gasteiger partial charge in [-0.3, -0.25) is 0 Å². The Hall–Kier alpha value is -0.640. The van der Waals surface area contributed by atoms with E-state index in [1.54, 1.807) is 0 Å². The number of hydrogen-bond donors (Lipinski definition) is 0. The molecule has 24 heteroatoms. The van der Waals surface area contributed by atoms with Gasteiger partial charge in [-0.25, -0.2) is 16.8 Å². The van der Waals surface area contributed by atoms with Gasteiger partial charge in [0.15, 0.2) is 0 Å². The van der Waals surface area contributed by atoms with Crippen molar-refractivity contribution >= 4 is 39.5 Å². The molecule has 0 radical (unpaired) electrons. The Labute approximate surface area is 173 Å². The minimum atomic E-state index is -8.96. The lowest BCUT2D eigenvalue weighted by molar-refractivity contribution is -0.454. The van der Waals surface area contributed by atoms with Crippen LogP contribution in [-0.2, 0) is 18.1 Å². The summed E-state index contributed by atoms with van der Waals surface area (Å²) in [6.45, 7) is 0. The lowest BCUT2D eigenvalue weighted by atomic mass is 9.91. The van der Waals surface area contributed by atoms with Gasteiger partial charge in [-0.05, 0) is 0 Å². The van der Waals surface area contributed by atoms with E-state index in [4.69, 9.17) is 0 Å².